The van der Waals surface area contributed by atoms with Crippen molar-refractivity contribution in [2.75, 3.05) is 13.7 Å². The monoisotopic (exact) mass is 628 g/mol. The average Bonchev–Trinajstić information content (AvgIpc) is 3.54. The van der Waals surface area contributed by atoms with Crippen molar-refractivity contribution >= 4 is 12.1 Å². The predicted molar refractivity (Wildman–Crippen MR) is 172 cm³/mol. The van der Waals surface area contributed by atoms with Gasteiger partial charge < -0.3 is 24.1 Å². The Morgan fingerprint density at radius 3 is 2.16 bits per heavy atom. The summed E-state index contributed by atoms with van der Waals surface area (Å²) in [7, 11) is 1.31. The molecule has 0 aromatic carbocycles. The van der Waals surface area contributed by atoms with Crippen molar-refractivity contribution < 1.29 is 33.6 Å². The number of esters is 1. The zero-order chi connectivity index (χ0) is 33.0. The minimum Gasteiger partial charge on any atom is -0.466 e. The smallest absolute Gasteiger partial charge is 0.466 e. The second-order valence-corrected chi connectivity index (χ2v) is 18.0. The van der Waals surface area contributed by atoms with E-state index in [0.29, 0.717) is 29.6 Å². The van der Waals surface area contributed by atoms with Gasteiger partial charge in [0.05, 0.1) is 13.7 Å². The Balaban J connectivity index is 1.36. The van der Waals surface area contributed by atoms with Gasteiger partial charge in [-0.25, -0.2) is 9.59 Å². The molecule has 7 heteroatoms. The first kappa shape index (κ1) is 33.3. The van der Waals surface area contributed by atoms with E-state index in [4.69, 9.17) is 18.9 Å². The molecular formula is C38H60O7. The van der Waals surface area contributed by atoms with E-state index in [1.165, 1.54) is 51.2 Å². The molecule has 0 aromatic rings. The number of ether oxygens (including phenoxy) is 4. The molecule has 6 fully saturated rings. The van der Waals surface area contributed by atoms with Crippen LogP contribution in [0.5, 0.6) is 0 Å². The molecule has 7 nitrogen and oxygen atoms in total. The number of allylic oxidation sites excluding steroid dienone is 1. The van der Waals surface area contributed by atoms with Crippen LogP contribution >= 0.6 is 0 Å². The van der Waals surface area contributed by atoms with Gasteiger partial charge in [0, 0.05) is 5.92 Å². The van der Waals surface area contributed by atoms with Crippen molar-refractivity contribution in [2.45, 2.75) is 137 Å². The maximum Gasteiger partial charge on any atom is 0.507 e. The molecule has 1 N–H and O–H groups in total. The molecule has 1 saturated heterocycles. The van der Waals surface area contributed by atoms with Crippen LogP contribution in [0.25, 0.3) is 0 Å². The molecule has 254 valence electrons. The maximum absolute atomic E-state index is 13.9. The van der Waals surface area contributed by atoms with E-state index in [2.05, 4.69) is 48.1 Å². The van der Waals surface area contributed by atoms with Gasteiger partial charge in [0.1, 0.15) is 6.10 Å². The third kappa shape index (κ3) is 4.54. The molecule has 45 heavy (non-hydrogen) atoms. The summed E-state index contributed by atoms with van der Waals surface area (Å²) in [4.78, 5) is 26.3. The highest BCUT2D eigenvalue weighted by molar-refractivity contribution is 5.83. The quantitative estimate of drug-likeness (QED) is 0.241. The van der Waals surface area contributed by atoms with Crippen LogP contribution < -0.4 is 0 Å². The Morgan fingerprint density at radius 1 is 0.867 bits per heavy atom. The number of carboxylic acid groups (broad SMARTS) is 1. The van der Waals surface area contributed by atoms with Crippen LogP contribution in [0.15, 0.2) is 12.2 Å². The van der Waals surface area contributed by atoms with Crippen LogP contribution in [0.4, 0.5) is 4.79 Å². The van der Waals surface area contributed by atoms with Crippen LogP contribution in [-0.4, -0.2) is 48.4 Å². The largest absolute Gasteiger partial charge is 0.507 e. The lowest BCUT2D eigenvalue weighted by Gasteiger charge is -2.73. The van der Waals surface area contributed by atoms with Crippen molar-refractivity contribution in [3.05, 3.63) is 12.2 Å². The first-order valence-corrected chi connectivity index (χ1v) is 17.9. The van der Waals surface area contributed by atoms with Crippen LogP contribution in [0.2, 0.25) is 0 Å². The minimum absolute atomic E-state index is 0.0671. The summed E-state index contributed by atoms with van der Waals surface area (Å²) >= 11 is 0. The topological polar surface area (TPSA) is 91.3 Å². The molecule has 1 heterocycles. The third-order valence-electron chi connectivity index (χ3n) is 15.7. The van der Waals surface area contributed by atoms with Gasteiger partial charge in [-0.1, -0.05) is 46.8 Å². The van der Waals surface area contributed by atoms with Gasteiger partial charge >= 0.3 is 12.1 Å². The van der Waals surface area contributed by atoms with Crippen LogP contribution in [0.1, 0.15) is 120 Å². The zero-order valence-electron chi connectivity index (χ0n) is 29.5. The van der Waals surface area contributed by atoms with Crippen LogP contribution in [0, 0.1) is 63.1 Å². The second kappa shape index (κ2) is 10.7. The standard InChI is InChI=1S/C38H60O7/c1-22(2)24-12-11-23-15-19-36(8)25(30(23)24)13-14-28-35(7)18-16-27(33(3,4)26(35)17-20-37(28,36)9)38(31(39)42-10,45-32(40)41)29-21-43-34(5,6)44-29/h23-30H,1,11-21H2,2-10H3,(H,40,41)/t23-,24+,25-,26+,27+,28?,29?,30-,35+,36-,37-,38?/m1/s1. The van der Waals surface area contributed by atoms with Crippen LogP contribution in [0.3, 0.4) is 0 Å². The van der Waals surface area contributed by atoms with E-state index in [1.54, 1.807) is 13.8 Å². The highest BCUT2D eigenvalue weighted by Gasteiger charge is 2.73. The summed E-state index contributed by atoms with van der Waals surface area (Å²) in [6.45, 7) is 22.7. The Hall–Kier alpha value is -1.60. The highest BCUT2D eigenvalue weighted by Crippen LogP contribution is 2.77. The number of hydrogen-bond donors (Lipinski definition) is 1. The fourth-order valence-corrected chi connectivity index (χ4v) is 13.8. The molecule has 6 rings (SSSR count). The summed E-state index contributed by atoms with van der Waals surface area (Å²) in [6.07, 6.45) is 9.35. The number of fused-ring (bicyclic) bond motifs is 7. The van der Waals surface area contributed by atoms with Gasteiger partial charge in [-0.15, -0.1) is 0 Å². The number of carbonyl (C=O) groups is 2. The number of carbonyl (C=O) groups excluding carboxylic acids is 1. The van der Waals surface area contributed by atoms with Gasteiger partial charge in [0.25, 0.3) is 0 Å². The molecular weight excluding hydrogens is 568 g/mol. The number of methoxy groups -OCH3 is 1. The number of rotatable bonds is 5. The molecule has 6 aliphatic rings. The Kier molecular flexibility index (Phi) is 7.92. The average molecular weight is 629 g/mol. The lowest BCUT2D eigenvalue weighted by Crippen LogP contribution is -2.69. The van der Waals surface area contributed by atoms with E-state index in [9.17, 15) is 14.7 Å². The molecule has 0 amide bonds. The lowest BCUT2D eigenvalue weighted by molar-refractivity contribution is -0.260. The first-order chi connectivity index (χ1) is 20.9. The fourth-order valence-electron chi connectivity index (χ4n) is 13.8. The van der Waals surface area contributed by atoms with Gasteiger partial charge in [-0.3, -0.25) is 0 Å². The number of hydrogen-bond acceptors (Lipinski definition) is 6. The first-order valence-electron chi connectivity index (χ1n) is 17.9. The van der Waals surface area contributed by atoms with Crippen molar-refractivity contribution in [2.24, 2.45) is 63.1 Å². The molecule has 0 bridgehead atoms. The normalized spacial score (nSPS) is 47.7. The van der Waals surface area contributed by atoms with E-state index >= 15 is 0 Å². The minimum atomic E-state index is -1.82. The molecule has 5 saturated carbocycles. The van der Waals surface area contributed by atoms with E-state index in [-0.39, 0.29) is 17.4 Å². The predicted octanol–water partition coefficient (Wildman–Crippen LogP) is 8.65. The SMILES string of the molecule is C=C(C)[C@@H]1CC[C@@H]2CC[C@]3(C)[C@H](CCC4[C@@]5(C)CC[C@H](C(OC(=O)O)(C(=O)OC)C6COC(C)(C)O6)C(C)(C)[C@@H]5CC[C@]43C)[C@H]21. The molecule has 5 aliphatic carbocycles. The summed E-state index contributed by atoms with van der Waals surface area (Å²) in [5.74, 6) is 1.87. The second-order valence-electron chi connectivity index (χ2n) is 18.0. The third-order valence-corrected chi connectivity index (χ3v) is 15.7. The van der Waals surface area contributed by atoms with Gasteiger partial charge in [-0.05, 0) is 142 Å². The lowest BCUT2D eigenvalue weighted by atomic mass is 9.32. The molecule has 12 atom stereocenters. The van der Waals surface area contributed by atoms with Gasteiger partial charge in [0.15, 0.2) is 5.79 Å². The van der Waals surface area contributed by atoms with Crippen molar-refractivity contribution in [3.63, 3.8) is 0 Å². The Morgan fingerprint density at radius 2 is 1.56 bits per heavy atom. The van der Waals surface area contributed by atoms with Crippen LogP contribution in [-0.2, 0) is 23.7 Å². The molecule has 1 aliphatic heterocycles. The van der Waals surface area contributed by atoms with Gasteiger partial charge in [0.2, 0.25) is 5.60 Å². The van der Waals surface area contributed by atoms with E-state index in [0.717, 1.165) is 37.0 Å². The fraction of sp³-hybridized carbons (Fsp3) is 0.895. The van der Waals surface area contributed by atoms with Crippen molar-refractivity contribution in [3.8, 4) is 0 Å². The summed E-state index contributed by atoms with van der Waals surface area (Å²) < 4.78 is 23.3. The molecule has 0 aromatic heterocycles. The zero-order valence-corrected chi connectivity index (χ0v) is 29.5. The summed E-state index contributed by atoms with van der Waals surface area (Å²) in [5, 5.41) is 10.1. The van der Waals surface area contributed by atoms with E-state index < -0.39 is 40.9 Å². The Bertz CT molecular complexity index is 1220. The molecule has 3 unspecified atom stereocenters. The molecule has 0 radical (unpaired) electrons. The van der Waals surface area contributed by atoms with Crippen molar-refractivity contribution in [1.82, 2.24) is 0 Å². The summed E-state index contributed by atoms with van der Waals surface area (Å²) in [5.41, 5.74) is -0.235. The van der Waals surface area contributed by atoms with Gasteiger partial charge in [-0.2, -0.15) is 0 Å². The molecule has 0 spiro atoms. The Labute approximate surface area is 271 Å². The highest BCUT2D eigenvalue weighted by atomic mass is 16.8. The van der Waals surface area contributed by atoms with E-state index in [1.807, 2.05) is 0 Å². The summed E-state index contributed by atoms with van der Waals surface area (Å²) in [6, 6.07) is 0. The van der Waals surface area contributed by atoms with Crippen molar-refractivity contribution in [1.29, 1.82) is 0 Å². The maximum atomic E-state index is 13.9.